The number of likely N-dealkylation sites (tertiary alicyclic amines) is 1. The van der Waals surface area contributed by atoms with Gasteiger partial charge in [-0.25, -0.2) is 0 Å². The van der Waals surface area contributed by atoms with Crippen LogP contribution >= 0.6 is 24.8 Å². The van der Waals surface area contributed by atoms with Crippen LogP contribution in [0.15, 0.2) is 42.7 Å². The Balaban J connectivity index is 0.00000204. The van der Waals surface area contributed by atoms with Crippen molar-refractivity contribution < 1.29 is 9.59 Å². The number of hydrogen-bond acceptors (Lipinski definition) is 4. The SMILES string of the molecule is CC1CCC([C@H](N)C(=O)Nc2ccc(-c3ccncc3CC(=O)N3CCCC3)cc2)CC1.Cl.Cl. The van der Waals surface area contributed by atoms with Crippen molar-refractivity contribution in [2.75, 3.05) is 18.4 Å². The third-order valence-corrected chi connectivity index (χ3v) is 7.04. The Morgan fingerprint density at radius 2 is 1.71 bits per heavy atom. The molecule has 8 heteroatoms. The molecule has 2 aromatic rings. The second-order valence-corrected chi connectivity index (χ2v) is 9.41. The average molecular weight is 508 g/mol. The lowest BCUT2D eigenvalue weighted by molar-refractivity contribution is -0.129. The predicted molar refractivity (Wildman–Crippen MR) is 141 cm³/mol. The van der Waals surface area contributed by atoms with Gasteiger partial charge in [0.05, 0.1) is 12.5 Å². The van der Waals surface area contributed by atoms with Gasteiger partial charge >= 0.3 is 0 Å². The van der Waals surface area contributed by atoms with Crippen molar-refractivity contribution >= 4 is 42.3 Å². The number of hydrogen-bond donors (Lipinski definition) is 2. The highest BCUT2D eigenvalue weighted by Gasteiger charge is 2.28. The topological polar surface area (TPSA) is 88.3 Å². The summed E-state index contributed by atoms with van der Waals surface area (Å²) < 4.78 is 0. The maximum atomic E-state index is 12.7. The van der Waals surface area contributed by atoms with E-state index < -0.39 is 6.04 Å². The van der Waals surface area contributed by atoms with Crippen LogP contribution < -0.4 is 11.1 Å². The molecule has 2 amide bonds. The van der Waals surface area contributed by atoms with Crippen LogP contribution in [0.25, 0.3) is 11.1 Å². The summed E-state index contributed by atoms with van der Waals surface area (Å²) in [5.41, 5.74) is 9.93. The molecular weight excluding hydrogens is 471 g/mol. The zero-order chi connectivity index (χ0) is 22.5. The zero-order valence-corrected chi connectivity index (χ0v) is 21.4. The molecule has 2 heterocycles. The van der Waals surface area contributed by atoms with E-state index >= 15 is 0 Å². The van der Waals surface area contributed by atoms with Gasteiger partial charge in [-0.3, -0.25) is 14.6 Å². The molecule has 1 aromatic carbocycles. The molecule has 0 spiro atoms. The number of aromatic nitrogens is 1. The van der Waals surface area contributed by atoms with Gasteiger partial charge in [0, 0.05) is 31.2 Å². The number of amides is 2. The Kier molecular flexibility index (Phi) is 10.8. The molecule has 4 rings (SSSR count). The van der Waals surface area contributed by atoms with Gasteiger partial charge in [-0.15, -0.1) is 24.8 Å². The first-order valence-corrected chi connectivity index (χ1v) is 11.9. The highest BCUT2D eigenvalue weighted by atomic mass is 35.5. The maximum Gasteiger partial charge on any atom is 0.241 e. The molecule has 1 aromatic heterocycles. The minimum atomic E-state index is -0.467. The molecule has 0 radical (unpaired) electrons. The van der Waals surface area contributed by atoms with E-state index in [4.69, 9.17) is 5.73 Å². The first kappa shape index (κ1) is 28.1. The van der Waals surface area contributed by atoms with E-state index in [1.807, 2.05) is 35.2 Å². The number of benzene rings is 1. The number of carbonyl (C=O) groups is 2. The number of nitrogens with one attached hydrogen (secondary N) is 1. The summed E-state index contributed by atoms with van der Waals surface area (Å²) in [6.45, 7) is 3.97. The summed E-state index contributed by atoms with van der Waals surface area (Å²) in [5, 5.41) is 2.98. The van der Waals surface area contributed by atoms with Crippen LogP contribution in [-0.2, 0) is 16.0 Å². The molecule has 0 bridgehead atoms. The van der Waals surface area contributed by atoms with E-state index in [1.54, 1.807) is 12.4 Å². The zero-order valence-electron chi connectivity index (χ0n) is 19.7. The summed E-state index contributed by atoms with van der Waals surface area (Å²) >= 11 is 0. The minimum Gasteiger partial charge on any atom is -0.342 e. The molecule has 2 aliphatic rings. The van der Waals surface area contributed by atoms with Crippen molar-refractivity contribution in [1.82, 2.24) is 9.88 Å². The van der Waals surface area contributed by atoms with Crippen LogP contribution in [-0.4, -0.2) is 40.8 Å². The van der Waals surface area contributed by atoms with Crippen molar-refractivity contribution in [3.8, 4) is 11.1 Å². The number of nitrogens with zero attached hydrogens (tertiary/aromatic N) is 2. The molecule has 186 valence electrons. The molecule has 0 unspecified atom stereocenters. The molecule has 3 N–H and O–H groups in total. The molecule has 2 fully saturated rings. The normalized spacial score (nSPS) is 20.6. The summed E-state index contributed by atoms with van der Waals surface area (Å²) in [6, 6.07) is 9.22. The van der Waals surface area contributed by atoms with E-state index in [-0.39, 0.29) is 42.5 Å². The quantitative estimate of drug-likeness (QED) is 0.585. The summed E-state index contributed by atoms with van der Waals surface area (Å²) in [7, 11) is 0. The Hall–Kier alpha value is -2.15. The molecule has 34 heavy (non-hydrogen) atoms. The third kappa shape index (κ3) is 6.94. The number of halogens is 2. The van der Waals surface area contributed by atoms with Crippen LogP contribution in [0.5, 0.6) is 0 Å². The van der Waals surface area contributed by atoms with Crippen LogP contribution in [0.4, 0.5) is 5.69 Å². The van der Waals surface area contributed by atoms with Gasteiger partial charge < -0.3 is 16.0 Å². The fourth-order valence-corrected chi connectivity index (χ4v) is 4.91. The lowest BCUT2D eigenvalue weighted by Crippen LogP contribution is -2.43. The highest BCUT2D eigenvalue weighted by Crippen LogP contribution is 2.30. The predicted octanol–water partition coefficient (Wildman–Crippen LogP) is 4.85. The Morgan fingerprint density at radius 1 is 1.06 bits per heavy atom. The van der Waals surface area contributed by atoms with Gasteiger partial charge in [0.1, 0.15) is 0 Å². The van der Waals surface area contributed by atoms with Gasteiger partial charge in [-0.2, -0.15) is 0 Å². The second-order valence-electron chi connectivity index (χ2n) is 9.41. The van der Waals surface area contributed by atoms with Crippen molar-refractivity contribution in [3.63, 3.8) is 0 Å². The standard InChI is InChI=1S/C26H34N4O2.2ClH/c1-18-4-6-20(7-5-18)25(27)26(32)29-22-10-8-19(9-11-22)23-12-13-28-17-21(23)16-24(31)30-14-2-3-15-30;;/h8-13,17-18,20,25H,2-7,14-16,27H2,1H3,(H,29,32);2*1H/t18?,20?,25-;;/m0../s1. The van der Waals surface area contributed by atoms with Crippen molar-refractivity contribution in [2.45, 2.75) is 57.9 Å². The smallest absolute Gasteiger partial charge is 0.241 e. The van der Waals surface area contributed by atoms with Crippen LogP contribution in [0.1, 0.15) is 51.0 Å². The number of nitrogens with two attached hydrogens (primary N) is 1. The summed E-state index contributed by atoms with van der Waals surface area (Å²) in [5.74, 6) is 1.04. The summed E-state index contributed by atoms with van der Waals surface area (Å²) in [6.07, 6.45) is 10.4. The molecule has 1 aliphatic carbocycles. The first-order chi connectivity index (χ1) is 15.5. The van der Waals surface area contributed by atoms with E-state index in [0.717, 1.165) is 79.9 Å². The van der Waals surface area contributed by atoms with Crippen molar-refractivity contribution in [1.29, 1.82) is 0 Å². The fraction of sp³-hybridized carbons (Fsp3) is 0.500. The van der Waals surface area contributed by atoms with Crippen LogP contribution in [0.2, 0.25) is 0 Å². The molecule has 1 saturated heterocycles. The average Bonchev–Trinajstić information content (AvgIpc) is 3.35. The van der Waals surface area contributed by atoms with Gasteiger partial charge in [-0.05, 0) is 72.4 Å². The number of carbonyl (C=O) groups excluding carboxylic acids is 2. The molecule has 1 aliphatic heterocycles. The number of rotatable bonds is 6. The molecule has 1 saturated carbocycles. The van der Waals surface area contributed by atoms with Crippen LogP contribution in [0.3, 0.4) is 0 Å². The lowest BCUT2D eigenvalue weighted by atomic mass is 9.79. The fourth-order valence-electron chi connectivity index (χ4n) is 4.91. The Morgan fingerprint density at radius 3 is 2.35 bits per heavy atom. The third-order valence-electron chi connectivity index (χ3n) is 7.04. The van der Waals surface area contributed by atoms with Crippen molar-refractivity contribution in [3.05, 3.63) is 48.3 Å². The van der Waals surface area contributed by atoms with E-state index in [2.05, 4.69) is 17.2 Å². The van der Waals surface area contributed by atoms with Gasteiger partial charge in [0.15, 0.2) is 0 Å². The maximum absolute atomic E-state index is 12.7. The van der Waals surface area contributed by atoms with Gasteiger partial charge in [0.2, 0.25) is 11.8 Å². The highest BCUT2D eigenvalue weighted by molar-refractivity contribution is 5.95. The van der Waals surface area contributed by atoms with E-state index in [9.17, 15) is 9.59 Å². The minimum absolute atomic E-state index is 0. The second kappa shape index (κ2) is 13.1. The molecular formula is C26H36Cl2N4O2. The van der Waals surface area contributed by atoms with Crippen molar-refractivity contribution in [2.24, 2.45) is 17.6 Å². The lowest BCUT2D eigenvalue weighted by Gasteiger charge is -2.29. The molecule has 1 atom stereocenters. The number of anilines is 1. The molecule has 6 nitrogen and oxygen atoms in total. The van der Waals surface area contributed by atoms with Crippen LogP contribution in [0, 0.1) is 11.8 Å². The first-order valence-electron chi connectivity index (χ1n) is 11.9. The van der Waals surface area contributed by atoms with Gasteiger partial charge in [-0.1, -0.05) is 31.9 Å². The van der Waals surface area contributed by atoms with E-state index in [1.165, 1.54) is 0 Å². The monoisotopic (exact) mass is 506 g/mol. The summed E-state index contributed by atoms with van der Waals surface area (Å²) in [4.78, 5) is 31.5. The number of pyridine rings is 1. The van der Waals surface area contributed by atoms with E-state index in [0.29, 0.717) is 6.42 Å². The largest absolute Gasteiger partial charge is 0.342 e. The van der Waals surface area contributed by atoms with Gasteiger partial charge in [0.25, 0.3) is 0 Å². The Bertz CT molecular complexity index is 940. The Labute approximate surface area is 214 Å².